The average molecular weight is 296 g/mol. The maximum atomic E-state index is 12.2. The Balaban J connectivity index is 2.08. The summed E-state index contributed by atoms with van der Waals surface area (Å²) in [6.07, 6.45) is 4.19. The lowest BCUT2D eigenvalue weighted by Gasteiger charge is -2.26. The van der Waals surface area contributed by atoms with Crippen LogP contribution in [0.25, 0.3) is 0 Å². The van der Waals surface area contributed by atoms with Crippen LogP contribution < -0.4 is 0 Å². The van der Waals surface area contributed by atoms with Gasteiger partial charge >= 0.3 is 11.8 Å². The van der Waals surface area contributed by atoms with Gasteiger partial charge in [-0.3, -0.25) is 4.79 Å². The zero-order valence-corrected chi connectivity index (χ0v) is 11.3. The molecule has 1 aromatic heterocycles. The fourth-order valence-corrected chi connectivity index (χ4v) is 2.43. The Kier molecular flexibility index (Phi) is 4.51. The molecule has 0 aliphatic carbocycles. The molecule has 2 heterocycles. The Morgan fingerprint density at radius 1 is 1.43 bits per heavy atom. The predicted octanol–water partition coefficient (Wildman–Crippen LogP) is 0.647. The highest BCUT2D eigenvalue weighted by atomic mass is 16.6. The van der Waals surface area contributed by atoms with Gasteiger partial charge in [0.1, 0.15) is 12.6 Å². The van der Waals surface area contributed by atoms with Gasteiger partial charge in [-0.25, -0.2) is 4.79 Å². The van der Waals surface area contributed by atoms with E-state index in [9.17, 15) is 24.8 Å². The number of hydrogen-bond acceptors (Lipinski definition) is 5. The summed E-state index contributed by atoms with van der Waals surface area (Å²) < 4.78 is 1.16. The van der Waals surface area contributed by atoms with Gasteiger partial charge in [-0.15, -0.1) is 0 Å². The molecule has 9 heteroatoms. The van der Waals surface area contributed by atoms with Gasteiger partial charge in [-0.05, 0) is 17.8 Å². The quantitative estimate of drug-likeness (QED) is 0.643. The number of carboxylic acids is 1. The molecule has 114 valence electrons. The van der Waals surface area contributed by atoms with Gasteiger partial charge in [-0.1, -0.05) is 12.8 Å². The summed E-state index contributed by atoms with van der Waals surface area (Å²) in [5, 5.41) is 23.4. The van der Waals surface area contributed by atoms with Gasteiger partial charge in [0.2, 0.25) is 5.91 Å². The smallest absolute Gasteiger partial charge is 0.389 e. The molecule has 0 spiro atoms. The fourth-order valence-electron chi connectivity index (χ4n) is 2.43. The minimum absolute atomic E-state index is 0.197. The number of aliphatic carboxylic acids is 1. The molecule has 1 unspecified atom stereocenters. The Morgan fingerprint density at radius 3 is 2.81 bits per heavy atom. The van der Waals surface area contributed by atoms with Crippen LogP contribution in [-0.4, -0.2) is 49.2 Å². The maximum Gasteiger partial charge on any atom is 0.389 e. The van der Waals surface area contributed by atoms with Gasteiger partial charge in [-0.2, -0.15) is 4.68 Å². The highest BCUT2D eigenvalue weighted by molar-refractivity contribution is 5.83. The molecule has 1 fully saturated rings. The van der Waals surface area contributed by atoms with E-state index in [0.29, 0.717) is 13.0 Å². The van der Waals surface area contributed by atoms with E-state index in [-0.39, 0.29) is 18.3 Å². The van der Waals surface area contributed by atoms with Crippen LogP contribution in [-0.2, 0) is 16.1 Å². The topological polar surface area (TPSA) is 119 Å². The van der Waals surface area contributed by atoms with E-state index in [2.05, 4.69) is 5.10 Å². The number of likely N-dealkylation sites (tertiary alicyclic amines) is 1. The van der Waals surface area contributed by atoms with Crippen LogP contribution in [0.5, 0.6) is 0 Å². The number of nitrogens with zero attached hydrogens (tertiary/aromatic N) is 4. The fraction of sp³-hybridized carbons (Fsp3) is 0.583. The number of amides is 1. The third kappa shape index (κ3) is 3.56. The number of carbonyl (C=O) groups is 2. The number of carboxylic acid groups (broad SMARTS) is 1. The molecule has 21 heavy (non-hydrogen) atoms. The van der Waals surface area contributed by atoms with Crippen LogP contribution in [0, 0.1) is 10.1 Å². The first-order valence-electron chi connectivity index (χ1n) is 6.69. The molecule has 0 bridgehead atoms. The summed E-state index contributed by atoms with van der Waals surface area (Å²) in [5.74, 6) is -1.74. The van der Waals surface area contributed by atoms with Crippen LogP contribution in [0.4, 0.5) is 5.82 Å². The Morgan fingerprint density at radius 2 is 2.19 bits per heavy atom. The maximum absolute atomic E-state index is 12.2. The summed E-state index contributed by atoms with van der Waals surface area (Å²) in [5.41, 5.74) is 0. The normalized spacial score (nSPS) is 19.0. The first-order valence-corrected chi connectivity index (χ1v) is 6.69. The molecule has 0 aromatic carbocycles. The van der Waals surface area contributed by atoms with Crippen molar-refractivity contribution in [3.05, 3.63) is 22.4 Å². The summed E-state index contributed by atoms with van der Waals surface area (Å²) in [6, 6.07) is 0.371. The second-order valence-corrected chi connectivity index (χ2v) is 4.92. The first kappa shape index (κ1) is 14.9. The minimum Gasteiger partial charge on any atom is -0.480 e. The Labute approximate surface area is 120 Å². The highest BCUT2D eigenvalue weighted by Gasteiger charge is 2.31. The third-order valence-electron chi connectivity index (χ3n) is 3.47. The molecule has 1 aliphatic rings. The van der Waals surface area contributed by atoms with Crippen molar-refractivity contribution in [3.63, 3.8) is 0 Å². The Hall–Kier alpha value is -2.45. The van der Waals surface area contributed by atoms with Crippen molar-refractivity contribution < 1.29 is 19.6 Å². The van der Waals surface area contributed by atoms with E-state index in [4.69, 9.17) is 0 Å². The van der Waals surface area contributed by atoms with E-state index in [1.54, 1.807) is 0 Å². The predicted molar refractivity (Wildman–Crippen MR) is 70.5 cm³/mol. The first-order chi connectivity index (χ1) is 9.99. The molecule has 0 radical (unpaired) electrons. The van der Waals surface area contributed by atoms with Crippen LogP contribution in [0.15, 0.2) is 12.3 Å². The molecule has 1 aliphatic heterocycles. The molecule has 1 N–H and O–H groups in total. The van der Waals surface area contributed by atoms with Crippen molar-refractivity contribution >= 4 is 17.7 Å². The summed E-state index contributed by atoms with van der Waals surface area (Å²) >= 11 is 0. The zero-order valence-electron chi connectivity index (χ0n) is 11.3. The van der Waals surface area contributed by atoms with Gasteiger partial charge < -0.3 is 20.1 Å². The number of rotatable bonds is 4. The van der Waals surface area contributed by atoms with Gasteiger partial charge in [0, 0.05) is 6.54 Å². The largest absolute Gasteiger partial charge is 0.480 e. The third-order valence-corrected chi connectivity index (χ3v) is 3.47. The zero-order chi connectivity index (χ0) is 15.4. The van der Waals surface area contributed by atoms with E-state index < -0.39 is 16.9 Å². The molecule has 1 atom stereocenters. The minimum atomic E-state index is -1.02. The van der Waals surface area contributed by atoms with Gasteiger partial charge in [0.15, 0.2) is 0 Å². The lowest BCUT2D eigenvalue weighted by atomic mass is 10.1. The van der Waals surface area contributed by atoms with E-state index in [0.717, 1.165) is 23.9 Å². The Bertz CT molecular complexity index is 556. The van der Waals surface area contributed by atoms with Crippen LogP contribution in [0.1, 0.15) is 25.7 Å². The molecular formula is C12H16N4O5. The van der Waals surface area contributed by atoms with Crippen molar-refractivity contribution in [1.82, 2.24) is 14.7 Å². The molecule has 2 rings (SSSR count). The lowest BCUT2D eigenvalue weighted by molar-refractivity contribution is -0.389. The molecule has 1 saturated heterocycles. The molecular weight excluding hydrogens is 280 g/mol. The van der Waals surface area contributed by atoms with Gasteiger partial charge in [0.05, 0.1) is 17.4 Å². The second-order valence-electron chi connectivity index (χ2n) is 4.92. The average Bonchev–Trinajstić information content (AvgIpc) is 2.74. The summed E-state index contributed by atoms with van der Waals surface area (Å²) in [4.78, 5) is 34.7. The molecule has 9 nitrogen and oxygen atoms in total. The highest BCUT2D eigenvalue weighted by Crippen LogP contribution is 2.18. The molecule has 0 saturated carbocycles. The lowest BCUT2D eigenvalue weighted by Crippen LogP contribution is -2.46. The molecule has 1 aromatic rings. The van der Waals surface area contributed by atoms with Crippen molar-refractivity contribution in [2.75, 3.05) is 6.54 Å². The van der Waals surface area contributed by atoms with E-state index in [1.165, 1.54) is 17.2 Å². The monoisotopic (exact) mass is 296 g/mol. The van der Waals surface area contributed by atoms with Crippen LogP contribution in [0.3, 0.4) is 0 Å². The van der Waals surface area contributed by atoms with Crippen molar-refractivity contribution in [3.8, 4) is 0 Å². The van der Waals surface area contributed by atoms with Crippen LogP contribution >= 0.6 is 0 Å². The summed E-state index contributed by atoms with van der Waals surface area (Å²) in [7, 11) is 0. The van der Waals surface area contributed by atoms with Crippen LogP contribution in [0.2, 0.25) is 0 Å². The number of carbonyl (C=O) groups excluding carboxylic acids is 1. The standard InChI is InChI=1S/C12H16N4O5/c17-11(8-14-7-5-10(13-14)16(20)21)15-6-3-1-2-4-9(15)12(18)19/h5,7,9H,1-4,6,8H2,(H,18,19). The summed E-state index contributed by atoms with van der Waals surface area (Å²) in [6.45, 7) is 0.191. The number of hydrogen-bond donors (Lipinski definition) is 1. The van der Waals surface area contributed by atoms with E-state index >= 15 is 0 Å². The van der Waals surface area contributed by atoms with E-state index in [1.807, 2.05) is 0 Å². The van der Waals surface area contributed by atoms with Crippen molar-refractivity contribution in [1.29, 1.82) is 0 Å². The number of nitro groups is 1. The van der Waals surface area contributed by atoms with Crippen molar-refractivity contribution in [2.24, 2.45) is 0 Å². The van der Waals surface area contributed by atoms with Crippen molar-refractivity contribution in [2.45, 2.75) is 38.3 Å². The number of aromatic nitrogens is 2. The molecule has 1 amide bonds. The second kappa shape index (κ2) is 6.33. The SMILES string of the molecule is O=C(O)C1CCCCCN1C(=O)Cn1ccc([N+](=O)[O-])n1. The van der Waals surface area contributed by atoms with Gasteiger partial charge in [0.25, 0.3) is 0 Å².